The SMILES string of the molecule is Cc1cc(C#N)nc(SCC2CCCO2)n1. The van der Waals surface area contributed by atoms with Crippen molar-refractivity contribution >= 4 is 11.8 Å². The van der Waals surface area contributed by atoms with Crippen LogP contribution in [0.15, 0.2) is 11.2 Å². The van der Waals surface area contributed by atoms with Gasteiger partial charge in [0.2, 0.25) is 0 Å². The average Bonchev–Trinajstić information content (AvgIpc) is 2.78. The van der Waals surface area contributed by atoms with Crippen LogP contribution in [0.1, 0.15) is 24.2 Å². The smallest absolute Gasteiger partial charge is 0.189 e. The van der Waals surface area contributed by atoms with Crippen LogP contribution in [0.3, 0.4) is 0 Å². The number of rotatable bonds is 3. The Labute approximate surface area is 99.0 Å². The third-order valence-corrected chi connectivity index (χ3v) is 3.35. The van der Waals surface area contributed by atoms with Crippen molar-refractivity contribution in [1.29, 1.82) is 5.26 Å². The van der Waals surface area contributed by atoms with Gasteiger partial charge >= 0.3 is 0 Å². The van der Waals surface area contributed by atoms with Gasteiger partial charge in [-0.25, -0.2) is 9.97 Å². The van der Waals surface area contributed by atoms with Crippen LogP contribution in [0.25, 0.3) is 0 Å². The average molecular weight is 235 g/mol. The molecule has 0 aliphatic carbocycles. The van der Waals surface area contributed by atoms with Gasteiger partial charge in [0.25, 0.3) is 0 Å². The fraction of sp³-hybridized carbons (Fsp3) is 0.545. The van der Waals surface area contributed by atoms with E-state index in [-0.39, 0.29) is 0 Å². The van der Waals surface area contributed by atoms with Crippen LogP contribution in [0.2, 0.25) is 0 Å². The van der Waals surface area contributed by atoms with E-state index in [9.17, 15) is 0 Å². The Morgan fingerprint density at radius 3 is 3.19 bits per heavy atom. The largest absolute Gasteiger partial charge is 0.377 e. The zero-order chi connectivity index (χ0) is 11.4. The lowest BCUT2D eigenvalue weighted by Crippen LogP contribution is -2.08. The number of thioether (sulfide) groups is 1. The number of nitriles is 1. The van der Waals surface area contributed by atoms with Crippen molar-refractivity contribution in [3.8, 4) is 6.07 Å². The number of nitrogens with zero attached hydrogens (tertiary/aromatic N) is 3. The van der Waals surface area contributed by atoms with Gasteiger partial charge in [0, 0.05) is 18.1 Å². The van der Waals surface area contributed by atoms with E-state index in [1.165, 1.54) is 0 Å². The summed E-state index contributed by atoms with van der Waals surface area (Å²) in [5.74, 6) is 0.869. The molecule has 1 unspecified atom stereocenters. The summed E-state index contributed by atoms with van der Waals surface area (Å²) in [4.78, 5) is 8.44. The first kappa shape index (κ1) is 11.4. The minimum absolute atomic E-state index is 0.319. The molecule has 1 fully saturated rings. The number of aryl methyl sites for hydroxylation is 1. The summed E-state index contributed by atoms with van der Waals surface area (Å²) in [7, 11) is 0. The predicted molar refractivity (Wildman–Crippen MR) is 61.2 cm³/mol. The second kappa shape index (κ2) is 5.28. The number of ether oxygens (including phenoxy) is 1. The van der Waals surface area contributed by atoms with Gasteiger partial charge in [0.1, 0.15) is 11.8 Å². The van der Waals surface area contributed by atoms with E-state index >= 15 is 0 Å². The minimum atomic E-state index is 0.319. The van der Waals surface area contributed by atoms with Crippen LogP contribution in [0.4, 0.5) is 0 Å². The van der Waals surface area contributed by atoms with Crippen molar-refractivity contribution in [3.63, 3.8) is 0 Å². The zero-order valence-electron chi connectivity index (χ0n) is 9.14. The van der Waals surface area contributed by atoms with Crippen molar-refractivity contribution in [2.75, 3.05) is 12.4 Å². The Kier molecular flexibility index (Phi) is 3.75. The molecule has 2 heterocycles. The molecular weight excluding hydrogens is 222 g/mol. The first-order chi connectivity index (χ1) is 7.78. The molecule has 0 saturated carbocycles. The highest BCUT2D eigenvalue weighted by molar-refractivity contribution is 7.99. The van der Waals surface area contributed by atoms with Crippen LogP contribution < -0.4 is 0 Å². The van der Waals surface area contributed by atoms with Crippen molar-refractivity contribution in [2.45, 2.75) is 31.0 Å². The van der Waals surface area contributed by atoms with E-state index < -0.39 is 0 Å². The molecule has 0 bridgehead atoms. The highest BCUT2D eigenvalue weighted by Gasteiger charge is 2.16. The van der Waals surface area contributed by atoms with E-state index in [2.05, 4.69) is 9.97 Å². The molecule has 5 heteroatoms. The highest BCUT2D eigenvalue weighted by Crippen LogP contribution is 2.21. The standard InChI is InChI=1S/C11H13N3OS/c1-8-5-9(6-12)14-11(13-8)16-7-10-3-2-4-15-10/h5,10H,2-4,7H2,1H3. The molecule has 1 aliphatic rings. The summed E-state index contributed by atoms with van der Waals surface area (Å²) >= 11 is 1.56. The van der Waals surface area contributed by atoms with Crippen molar-refractivity contribution in [1.82, 2.24) is 9.97 Å². The van der Waals surface area contributed by atoms with Gasteiger partial charge in [-0.05, 0) is 25.8 Å². The van der Waals surface area contributed by atoms with Gasteiger partial charge in [-0.1, -0.05) is 11.8 Å². The van der Waals surface area contributed by atoms with Crippen LogP contribution in [0, 0.1) is 18.3 Å². The summed E-state index contributed by atoms with van der Waals surface area (Å²) in [6.07, 6.45) is 2.58. The highest BCUT2D eigenvalue weighted by atomic mass is 32.2. The van der Waals surface area contributed by atoms with E-state index in [1.54, 1.807) is 17.8 Å². The maximum atomic E-state index is 8.79. The topological polar surface area (TPSA) is 58.8 Å². The fourth-order valence-electron chi connectivity index (χ4n) is 1.61. The van der Waals surface area contributed by atoms with Crippen LogP contribution in [-0.2, 0) is 4.74 Å². The van der Waals surface area contributed by atoms with Crippen molar-refractivity contribution < 1.29 is 4.74 Å². The van der Waals surface area contributed by atoms with E-state index in [0.29, 0.717) is 17.0 Å². The van der Waals surface area contributed by atoms with Crippen LogP contribution in [-0.4, -0.2) is 28.4 Å². The van der Waals surface area contributed by atoms with E-state index in [0.717, 1.165) is 30.9 Å². The van der Waals surface area contributed by atoms with Crippen LogP contribution >= 0.6 is 11.8 Å². The minimum Gasteiger partial charge on any atom is -0.377 e. The molecule has 1 aromatic rings. The molecular formula is C11H13N3OS. The number of hydrogen-bond donors (Lipinski definition) is 0. The molecule has 0 aromatic carbocycles. The summed E-state index contributed by atoms with van der Waals surface area (Å²) < 4.78 is 5.52. The lowest BCUT2D eigenvalue weighted by molar-refractivity contribution is 0.129. The Bertz CT molecular complexity index is 410. The molecule has 0 N–H and O–H groups in total. The number of hydrogen-bond acceptors (Lipinski definition) is 5. The second-order valence-corrected chi connectivity index (χ2v) is 4.72. The molecule has 4 nitrogen and oxygen atoms in total. The van der Waals surface area contributed by atoms with E-state index in [1.807, 2.05) is 13.0 Å². The quantitative estimate of drug-likeness (QED) is 0.592. The maximum Gasteiger partial charge on any atom is 0.189 e. The first-order valence-corrected chi connectivity index (χ1v) is 6.26. The van der Waals surface area contributed by atoms with Gasteiger partial charge in [-0.15, -0.1) is 0 Å². The third-order valence-electron chi connectivity index (χ3n) is 2.37. The Hall–Kier alpha value is -1.12. The van der Waals surface area contributed by atoms with Crippen molar-refractivity contribution in [3.05, 3.63) is 17.5 Å². The monoisotopic (exact) mass is 235 g/mol. The maximum absolute atomic E-state index is 8.79. The molecule has 2 rings (SSSR count). The van der Waals surface area contributed by atoms with Crippen LogP contribution in [0.5, 0.6) is 0 Å². The molecule has 1 aromatic heterocycles. The number of aromatic nitrogens is 2. The molecule has 84 valence electrons. The van der Waals surface area contributed by atoms with Gasteiger partial charge in [0.15, 0.2) is 5.16 Å². The Morgan fingerprint density at radius 1 is 1.62 bits per heavy atom. The fourth-order valence-corrected chi connectivity index (χ4v) is 2.58. The van der Waals surface area contributed by atoms with Gasteiger partial charge < -0.3 is 4.74 Å². The molecule has 0 amide bonds. The molecule has 1 saturated heterocycles. The predicted octanol–water partition coefficient (Wildman–Crippen LogP) is 1.93. The van der Waals surface area contributed by atoms with Crippen molar-refractivity contribution in [2.24, 2.45) is 0 Å². The molecule has 0 radical (unpaired) electrons. The molecule has 1 aliphatic heterocycles. The molecule has 0 spiro atoms. The Balaban J connectivity index is 1.98. The van der Waals surface area contributed by atoms with Gasteiger partial charge in [-0.2, -0.15) is 5.26 Å². The Morgan fingerprint density at radius 2 is 2.50 bits per heavy atom. The van der Waals surface area contributed by atoms with Gasteiger partial charge in [0.05, 0.1) is 6.10 Å². The normalized spacial score (nSPS) is 19.6. The third kappa shape index (κ3) is 2.94. The first-order valence-electron chi connectivity index (χ1n) is 5.28. The summed E-state index contributed by atoms with van der Waals surface area (Å²) in [6.45, 7) is 2.74. The molecule has 1 atom stereocenters. The lowest BCUT2D eigenvalue weighted by Gasteiger charge is -2.07. The summed E-state index contributed by atoms with van der Waals surface area (Å²) in [6, 6.07) is 3.73. The summed E-state index contributed by atoms with van der Waals surface area (Å²) in [5.41, 5.74) is 1.27. The van der Waals surface area contributed by atoms with E-state index in [4.69, 9.17) is 10.00 Å². The second-order valence-electron chi connectivity index (χ2n) is 3.73. The lowest BCUT2D eigenvalue weighted by atomic mass is 10.3. The molecule has 16 heavy (non-hydrogen) atoms. The zero-order valence-corrected chi connectivity index (χ0v) is 9.96. The summed E-state index contributed by atoms with van der Waals surface area (Å²) in [5, 5.41) is 9.47. The van der Waals surface area contributed by atoms with Gasteiger partial charge in [-0.3, -0.25) is 0 Å².